The van der Waals surface area contributed by atoms with Gasteiger partial charge in [0.1, 0.15) is 6.54 Å². The van der Waals surface area contributed by atoms with Crippen LogP contribution in [0.25, 0.3) is 11.4 Å². The van der Waals surface area contributed by atoms with Crippen LogP contribution in [0.15, 0.2) is 70.6 Å². The maximum atomic E-state index is 13.0. The lowest BCUT2D eigenvalue weighted by Gasteiger charge is -2.17. The molecule has 1 aromatic carbocycles. The van der Waals surface area contributed by atoms with Crippen LogP contribution in [-0.2, 0) is 30.7 Å². The number of nitrogens with one attached hydrogen (secondary N) is 1. The van der Waals surface area contributed by atoms with E-state index in [1.165, 1.54) is 4.57 Å². The molecule has 0 radical (unpaired) electrons. The summed E-state index contributed by atoms with van der Waals surface area (Å²) in [6.45, 7) is 4.09. The van der Waals surface area contributed by atoms with Crippen LogP contribution in [0.4, 0.5) is 5.69 Å². The quantitative estimate of drug-likeness (QED) is 0.474. The fourth-order valence-electron chi connectivity index (χ4n) is 3.90. The minimum atomic E-state index is -0.665. The van der Waals surface area contributed by atoms with Gasteiger partial charge in [0, 0.05) is 24.3 Å². The molecule has 0 spiro atoms. The summed E-state index contributed by atoms with van der Waals surface area (Å²) in [4.78, 5) is 46.8. The Balaban J connectivity index is 1.65. The molecule has 2 aliphatic heterocycles. The second-order valence-corrected chi connectivity index (χ2v) is 7.73. The Kier molecular flexibility index (Phi) is 6.44. The number of carbonyl (C=O) groups is 1. The second kappa shape index (κ2) is 9.60. The van der Waals surface area contributed by atoms with Crippen molar-refractivity contribution < 1.29 is 4.79 Å². The fraction of sp³-hybridized carbons (Fsp3) is 0.240. The predicted octanol–water partition coefficient (Wildman–Crippen LogP) is 2.72. The number of pyridine rings is 2. The molecule has 0 fully saturated rings. The molecule has 0 saturated heterocycles. The number of fused-ring (bicyclic) bond motifs is 1. The van der Waals surface area contributed by atoms with Crippen LogP contribution in [0.2, 0.25) is 0 Å². The highest BCUT2D eigenvalue weighted by Gasteiger charge is 2.19. The van der Waals surface area contributed by atoms with Crippen molar-refractivity contribution >= 4 is 11.6 Å². The fourth-order valence-corrected chi connectivity index (χ4v) is 3.90. The Morgan fingerprint density at radius 3 is 2.42 bits per heavy atom. The summed E-state index contributed by atoms with van der Waals surface area (Å²) in [6, 6.07) is 12.8. The molecule has 8 heteroatoms. The van der Waals surface area contributed by atoms with Crippen LogP contribution < -0.4 is 16.6 Å². The average Bonchev–Trinajstić information content (AvgIpc) is 2.83. The van der Waals surface area contributed by atoms with Crippen molar-refractivity contribution in [3.63, 3.8) is 0 Å². The Hall–Kier alpha value is -4.07. The molecule has 168 valence electrons. The molecule has 0 unspecified atom stereocenters. The predicted molar refractivity (Wildman–Crippen MR) is 127 cm³/mol. The van der Waals surface area contributed by atoms with Gasteiger partial charge in [-0.2, -0.15) is 4.98 Å². The van der Waals surface area contributed by atoms with Crippen molar-refractivity contribution in [2.45, 2.75) is 39.8 Å². The summed E-state index contributed by atoms with van der Waals surface area (Å²) in [7, 11) is 0. The molecule has 0 bridgehead atoms. The lowest BCUT2D eigenvalue weighted by molar-refractivity contribution is -0.116. The van der Waals surface area contributed by atoms with E-state index in [0.717, 1.165) is 39.8 Å². The van der Waals surface area contributed by atoms with Gasteiger partial charge in [-0.15, -0.1) is 0 Å². The summed E-state index contributed by atoms with van der Waals surface area (Å²) >= 11 is 0. The zero-order chi connectivity index (χ0) is 23.4. The highest BCUT2D eigenvalue weighted by Crippen LogP contribution is 2.23. The molecule has 1 amide bonds. The molecule has 1 aromatic heterocycles. The van der Waals surface area contributed by atoms with Crippen LogP contribution in [0.5, 0.6) is 0 Å². The first kappa shape index (κ1) is 22.1. The third kappa shape index (κ3) is 4.59. The number of aryl methyl sites for hydroxylation is 2. The van der Waals surface area contributed by atoms with E-state index in [2.05, 4.69) is 15.3 Å². The number of rotatable bonds is 7. The zero-order valence-electron chi connectivity index (χ0n) is 18.6. The molecule has 8 nitrogen and oxygen atoms in total. The van der Waals surface area contributed by atoms with Gasteiger partial charge in [0.05, 0.1) is 12.1 Å². The van der Waals surface area contributed by atoms with Gasteiger partial charge < -0.3 is 9.88 Å². The molecule has 3 heterocycles. The number of carbonyl (C=O) groups excluding carboxylic acids is 1. The van der Waals surface area contributed by atoms with Gasteiger partial charge in [0.2, 0.25) is 5.91 Å². The number of nitrogens with zero attached hydrogens (tertiary/aromatic N) is 4. The van der Waals surface area contributed by atoms with Gasteiger partial charge in [0.15, 0.2) is 5.82 Å². The lowest BCUT2D eigenvalue weighted by Crippen LogP contribution is -2.38. The van der Waals surface area contributed by atoms with Crippen molar-refractivity contribution in [3.8, 4) is 11.4 Å². The maximum absolute atomic E-state index is 13.0. The highest BCUT2D eigenvalue weighted by molar-refractivity contribution is 5.92. The zero-order valence-corrected chi connectivity index (χ0v) is 18.6. The summed E-state index contributed by atoms with van der Waals surface area (Å²) in [5.74, 6) is -0.0681. The molecule has 4 rings (SSSR count). The normalized spacial score (nSPS) is 11.0. The lowest BCUT2D eigenvalue weighted by atomic mass is 10.0. The second-order valence-electron chi connectivity index (χ2n) is 7.73. The van der Waals surface area contributed by atoms with Crippen molar-refractivity contribution in [2.75, 3.05) is 5.32 Å². The minimum Gasteiger partial charge on any atom is -0.324 e. The molecule has 0 aliphatic carbocycles. The van der Waals surface area contributed by atoms with Gasteiger partial charge in [-0.1, -0.05) is 38.1 Å². The van der Waals surface area contributed by atoms with Crippen molar-refractivity contribution in [2.24, 2.45) is 0 Å². The van der Waals surface area contributed by atoms with E-state index in [1.54, 1.807) is 42.9 Å². The van der Waals surface area contributed by atoms with Gasteiger partial charge in [-0.3, -0.25) is 19.1 Å². The van der Waals surface area contributed by atoms with Crippen LogP contribution >= 0.6 is 0 Å². The van der Waals surface area contributed by atoms with Crippen LogP contribution in [0.1, 0.15) is 30.5 Å². The molecular formula is C25H25N5O3. The third-order valence-corrected chi connectivity index (χ3v) is 5.59. The van der Waals surface area contributed by atoms with Crippen LogP contribution in [0.3, 0.4) is 0 Å². The summed E-state index contributed by atoms with van der Waals surface area (Å²) in [5, 5.41) is 3.01. The highest BCUT2D eigenvalue weighted by atomic mass is 16.2. The number of benzene rings is 1. The number of hydrogen-bond donors (Lipinski definition) is 1. The Morgan fingerprint density at radius 2 is 1.76 bits per heavy atom. The molecule has 33 heavy (non-hydrogen) atoms. The van der Waals surface area contributed by atoms with E-state index in [0.29, 0.717) is 0 Å². The van der Waals surface area contributed by atoms with E-state index in [1.807, 2.05) is 32.0 Å². The first-order valence-corrected chi connectivity index (χ1v) is 10.9. The number of anilines is 1. The minimum absolute atomic E-state index is 0.0724. The Bertz CT molecular complexity index is 1350. The average molecular weight is 444 g/mol. The first-order valence-electron chi connectivity index (χ1n) is 10.9. The molecule has 2 aliphatic rings. The SMILES string of the molecule is CCc1cccc(CC)c1NC(=O)Cn1cccc2c(=O)n(Cc3cccnc3)c(=O)nc1-2. The molecule has 1 N–H and O–H groups in total. The van der Waals surface area contributed by atoms with Gasteiger partial charge in [-0.05, 0) is 47.7 Å². The summed E-state index contributed by atoms with van der Waals surface area (Å²) in [5.41, 5.74) is 2.83. The van der Waals surface area contributed by atoms with Crippen LogP contribution in [0, 0.1) is 0 Å². The van der Waals surface area contributed by atoms with Gasteiger partial charge in [0.25, 0.3) is 5.56 Å². The number of para-hydroxylation sites is 1. The van der Waals surface area contributed by atoms with E-state index in [-0.39, 0.29) is 30.4 Å². The number of amides is 1. The maximum Gasteiger partial charge on any atom is 0.352 e. The smallest absolute Gasteiger partial charge is 0.324 e. The van der Waals surface area contributed by atoms with Crippen molar-refractivity contribution in [1.29, 1.82) is 0 Å². The van der Waals surface area contributed by atoms with Gasteiger partial charge >= 0.3 is 5.69 Å². The van der Waals surface area contributed by atoms with E-state index >= 15 is 0 Å². The third-order valence-electron chi connectivity index (χ3n) is 5.59. The Morgan fingerprint density at radius 1 is 1.00 bits per heavy atom. The molecule has 0 atom stereocenters. The van der Waals surface area contributed by atoms with E-state index in [9.17, 15) is 14.4 Å². The molecular weight excluding hydrogens is 418 g/mol. The monoisotopic (exact) mass is 443 g/mol. The largest absolute Gasteiger partial charge is 0.352 e. The van der Waals surface area contributed by atoms with Gasteiger partial charge in [-0.25, -0.2) is 4.79 Å². The Labute approximate surface area is 190 Å². The van der Waals surface area contributed by atoms with E-state index in [4.69, 9.17) is 0 Å². The summed E-state index contributed by atoms with van der Waals surface area (Å²) in [6.07, 6.45) is 6.46. The number of hydrogen-bond acceptors (Lipinski definition) is 5. The summed E-state index contributed by atoms with van der Waals surface area (Å²) < 4.78 is 2.61. The topological polar surface area (TPSA) is 98.9 Å². The molecule has 2 aromatic rings. The van der Waals surface area contributed by atoms with Crippen molar-refractivity contribution in [1.82, 2.24) is 19.1 Å². The van der Waals surface area contributed by atoms with E-state index < -0.39 is 11.2 Å². The standard InChI is InChI=1S/C25H25N5O3/c1-3-18-9-5-10-19(4-2)22(18)27-21(31)16-29-13-7-11-20-23(29)28-25(33)30(24(20)32)15-17-8-6-12-26-14-17/h5-14H,3-4,15-16H2,1-2H3,(H,27,31). The number of aromatic nitrogens is 4. The van der Waals surface area contributed by atoms with Crippen molar-refractivity contribution in [3.05, 3.63) is 98.6 Å². The first-order chi connectivity index (χ1) is 16.0. The molecule has 0 saturated carbocycles. The van der Waals surface area contributed by atoms with Crippen LogP contribution in [-0.4, -0.2) is 25.0 Å².